The van der Waals surface area contributed by atoms with Crippen LogP contribution < -0.4 is 5.73 Å². The molecular weight excluding hydrogens is 200 g/mol. The zero-order valence-corrected chi connectivity index (χ0v) is 9.06. The molecule has 0 aliphatic carbocycles. The highest BCUT2D eigenvalue weighted by molar-refractivity contribution is 5.97. The van der Waals surface area contributed by atoms with Gasteiger partial charge in [-0.2, -0.15) is 0 Å². The van der Waals surface area contributed by atoms with Gasteiger partial charge in [-0.25, -0.2) is 9.69 Å². The lowest BCUT2D eigenvalue weighted by Crippen LogP contribution is -2.41. The summed E-state index contributed by atoms with van der Waals surface area (Å²) in [5.74, 6) is -0.600. The van der Waals surface area contributed by atoms with Gasteiger partial charge in [0.05, 0.1) is 12.6 Å². The number of likely N-dealkylation sites (tertiary alicyclic amines) is 1. The number of aliphatic hydroxyl groups is 1. The molecule has 1 rings (SSSR count). The van der Waals surface area contributed by atoms with Crippen LogP contribution in [-0.4, -0.2) is 46.3 Å². The third kappa shape index (κ3) is 2.66. The molecule has 86 valence electrons. The SMILES string of the molecule is CC(C)(C)OC(=O)N1C[C@@H](O)[C@H](N)C1=O. The molecule has 1 aliphatic heterocycles. The Morgan fingerprint density at radius 1 is 1.60 bits per heavy atom. The number of amides is 2. The Kier molecular flexibility index (Phi) is 3.01. The number of carbonyl (C=O) groups is 2. The molecule has 6 nitrogen and oxygen atoms in total. The minimum absolute atomic E-state index is 0.102. The second-order valence-electron chi connectivity index (χ2n) is 4.52. The highest BCUT2D eigenvalue weighted by atomic mass is 16.6. The average Bonchev–Trinajstić information content (AvgIpc) is 2.30. The first kappa shape index (κ1) is 11.9. The molecule has 1 saturated heterocycles. The molecule has 2 atom stereocenters. The van der Waals surface area contributed by atoms with Crippen LogP contribution >= 0.6 is 0 Å². The fraction of sp³-hybridized carbons (Fsp3) is 0.778. The van der Waals surface area contributed by atoms with E-state index in [1.807, 2.05) is 0 Å². The summed E-state index contributed by atoms with van der Waals surface area (Å²) in [7, 11) is 0. The van der Waals surface area contributed by atoms with Gasteiger partial charge in [0.15, 0.2) is 0 Å². The maximum atomic E-state index is 11.5. The summed E-state index contributed by atoms with van der Waals surface area (Å²) in [5, 5.41) is 9.29. The molecule has 1 fully saturated rings. The molecule has 0 aromatic rings. The van der Waals surface area contributed by atoms with Crippen LogP contribution in [0, 0.1) is 0 Å². The largest absolute Gasteiger partial charge is 0.443 e. The topological polar surface area (TPSA) is 92.9 Å². The smallest absolute Gasteiger partial charge is 0.417 e. The lowest BCUT2D eigenvalue weighted by atomic mass is 10.2. The van der Waals surface area contributed by atoms with Gasteiger partial charge >= 0.3 is 6.09 Å². The number of carbonyl (C=O) groups excluding carboxylic acids is 2. The predicted octanol–water partition coefficient (Wildman–Crippen LogP) is -0.548. The first-order valence-corrected chi connectivity index (χ1v) is 4.70. The van der Waals surface area contributed by atoms with E-state index in [2.05, 4.69) is 0 Å². The minimum atomic E-state index is -1.03. The summed E-state index contributed by atoms with van der Waals surface area (Å²) in [6.07, 6.45) is -1.77. The molecule has 3 N–H and O–H groups in total. The highest BCUT2D eigenvalue weighted by Gasteiger charge is 2.41. The fourth-order valence-electron chi connectivity index (χ4n) is 1.22. The minimum Gasteiger partial charge on any atom is -0.443 e. The second kappa shape index (κ2) is 3.79. The second-order valence-corrected chi connectivity index (χ2v) is 4.52. The molecule has 0 radical (unpaired) electrons. The van der Waals surface area contributed by atoms with Crippen molar-refractivity contribution in [2.24, 2.45) is 5.73 Å². The van der Waals surface area contributed by atoms with Gasteiger partial charge in [-0.05, 0) is 20.8 Å². The molecule has 15 heavy (non-hydrogen) atoms. The number of β-amino-alcohol motifs (C(OH)–C–C–N with tert-alkyl or cyclic N) is 1. The van der Waals surface area contributed by atoms with Gasteiger partial charge in [0.2, 0.25) is 0 Å². The Bertz CT molecular complexity index is 284. The molecule has 0 unspecified atom stereocenters. The molecule has 1 aliphatic rings. The number of imide groups is 1. The third-order valence-electron chi connectivity index (χ3n) is 1.95. The van der Waals surface area contributed by atoms with Crippen molar-refractivity contribution >= 4 is 12.0 Å². The van der Waals surface area contributed by atoms with Crippen LogP contribution in [0.5, 0.6) is 0 Å². The number of ether oxygens (including phenoxy) is 1. The maximum absolute atomic E-state index is 11.5. The van der Waals surface area contributed by atoms with Crippen LogP contribution in [-0.2, 0) is 9.53 Å². The van der Waals surface area contributed by atoms with Crippen molar-refractivity contribution in [1.82, 2.24) is 4.90 Å². The Morgan fingerprint density at radius 3 is 2.47 bits per heavy atom. The van der Waals surface area contributed by atoms with E-state index in [1.165, 1.54) is 0 Å². The van der Waals surface area contributed by atoms with Crippen molar-refractivity contribution in [3.05, 3.63) is 0 Å². The van der Waals surface area contributed by atoms with E-state index in [-0.39, 0.29) is 6.54 Å². The number of rotatable bonds is 0. The van der Waals surface area contributed by atoms with Crippen LogP contribution in [0.3, 0.4) is 0 Å². The zero-order chi connectivity index (χ0) is 11.8. The Labute approximate surface area is 88.0 Å². The molecular formula is C9H16N2O4. The first-order valence-electron chi connectivity index (χ1n) is 4.70. The van der Waals surface area contributed by atoms with E-state index in [1.54, 1.807) is 20.8 Å². The molecule has 0 bridgehead atoms. The van der Waals surface area contributed by atoms with Crippen LogP contribution in [0.4, 0.5) is 4.79 Å². The average molecular weight is 216 g/mol. The van der Waals surface area contributed by atoms with Gasteiger partial charge in [0.1, 0.15) is 11.6 Å². The van der Waals surface area contributed by atoms with Gasteiger partial charge < -0.3 is 15.6 Å². The molecule has 0 spiro atoms. The third-order valence-corrected chi connectivity index (χ3v) is 1.95. The quantitative estimate of drug-likeness (QED) is 0.567. The molecule has 0 saturated carbocycles. The van der Waals surface area contributed by atoms with Gasteiger partial charge in [-0.1, -0.05) is 0 Å². The van der Waals surface area contributed by atoms with Crippen molar-refractivity contribution in [3.8, 4) is 0 Å². The number of hydrogen-bond acceptors (Lipinski definition) is 5. The lowest BCUT2D eigenvalue weighted by molar-refractivity contribution is -0.128. The van der Waals surface area contributed by atoms with Gasteiger partial charge in [0.25, 0.3) is 5.91 Å². The molecule has 0 aromatic carbocycles. The lowest BCUT2D eigenvalue weighted by Gasteiger charge is -2.23. The van der Waals surface area contributed by atoms with Crippen LogP contribution in [0.1, 0.15) is 20.8 Å². The zero-order valence-electron chi connectivity index (χ0n) is 9.06. The van der Waals surface area contributed by atoms with E-state index < -0.39 is 29.7 Å². The number of nitrogens with two attached hydrogens (primary N) is 1. The van der Waals surface area contributed by atoms with Crippen LogP contribution in [0.25, 0.3) is 0 Å². The summed E-state index contributed by atoms with van der Waals surface area (Å²) < 4.78 is 4.99. The Hall–Kier alpha value is -1.14. The Balaban J connectivity index is 2.67. The summed E-state index contributed by atoms with van der Waals surface area (Å²) in [4.78, 5) is 23.7. The number of aliphatic hydroxyl groups excluding tert-OH is 1. The summed E-state index contributed by atoms with van der Waals surface area (Å²) in [5.41, 5.74) is 4.69. The fourth-order valence-corrected chi connectivity index (χ4v) is 1.22. The molecule has 1 heterocycles. The Morgan fingerprint density at radius 2 is 2.13 bits per heavy atom. The van der Waals surface area contributed by atoms with E-state index in [0.29, 0.717) is 0 Å². The van der Waals surface area contributed by atoms with Crippen molar-refractivity contribution in [2.75, 3.05) is 6.54 Å². The van der Waals surface area contributed by atoms with Crippen molar-refractivity contribution in [1.29, 1.82) is 0 Å². The molecule has 2 amide bonds. The highest BCUT2D eigenvalue weighted by Crippen LogP contribution is 2.15. The van der Waals surface area contributed by atoms with E-state index >= 15 is 0 Å². The summed E-state index contributed by atoms with van der Waals surface area (Å²) >= 11 is 0. The maximum Gasteiger partial charge on any atom is 0.417 e. The number of nitrogens with zero attached hydrogens (tertiary/aromatic N) is 1. The summed E-state index contributed by atoms with van der Waals surface area (Å²) in [6, 6.07) is -1.03. The monoisotopic (exact) mass is 216 g/mol. The van der Waals surface area contributed by atoms with Crippen molar-refractivity contribution < 1.29 is 19.4 Å². The van der Waals surface area contributed by atoms with Crippen molar-refractivity contribution in [3.63, 3.8) is 0 Å². The number of hydrogen-bond donors (Lipinski definition) is 2. The molecule has 6 heteroatoms. The van der Waals surface area contributed by atoms with Gasteiger partial charge in [-0.3, -0.25) is 4.79 Å². The van der Waals surface area contributed by atoms with Crippen LogP contribution in [0.15, 0.2) is 0 Å². The normalized spacial score (nSPS) is 27.0. The predicted molar refractivity (Wildman–Crippen MR) is 51.9 cm³/mol. The van der Waals surface area contributed by atoms with E-state index in [4.69, 9.17) is 10.5 Å². The van der Waals surface area contributed by atoms with Gasteiger partial charge in [-0.15, -0.1) is 0 Å². The standard InChI is InChI=1S/C9H16N2O4/c1-9(2,3)15-8(14)11-4-5(12)6(10)7(11)13/h5-6,12H,4,10H2,1-3H3/t5-,6+/m1/s1. The van der Waals surface area contributed by atoms with Gasteiger partial charge in [0, 0.05) is 0 Å². The van der Waals surface area contributed by atoms with Crippen LogP contribution in [0.2, 0.25) is 0 Å². The van der Waals surface area contributed by atoms with Crippen molar-refractivity contribution in [2.45, 2.75) is 38.5 Å². The van der Waals surface area contributed by atoms with E-state index in [9.17, 15) is 14.7 Å². The molecule has 0 aromatic heterocycles. The first-order chi connectivity index (χ1) is 6.72. The van der Waals surface area contributed by atoms with E-state index in [0.717, 1.165) is 4.90 Å². The summed E-state index contributed by atoms with van der Waals surface area (Å²) in [6.45, 7) is 4.99.